The van der Waals surface area contributed by atoms with Crippen LogP contribution in [0.4, 0.5) is 0 Å². The van der Waals surface area contributed by atoms with Gasteiger partial charge >= 0.3 is 0 Å². The molecule has 0 aliphatic heterocycles. The number of carbonyl (C=O) groups is 2. The van der Waals surface area contributed by atoms with Crippen LogP contribution in [0.15, 0.2) is 48.5 Å². The summed E-state index contributed by atoms with van der Waals surface area (Å²) in [5.74, 6) is 0.310. The third-order valence-corrected chi connectivity index (χ3v) is 5.76. The van der Waals surface area contributed by atoms with E-state index in [0.717, 1.165) is 11.1 Å². The van der Waals surface area contributed by atoms with E-state index < -0.39 is 6.04 Å². The normalized spacial score (nSPS) is 12.1. The van der Waals surface area contributed by atoms with Gasteiger partial charge in [0.2, 0.25) is 11.8 Å². The quantitative estimate of drug-likeness (QED) is 0.510. The fourth-order valence-corrected chi connectivity index (χ4v) is 3.77. The molecule has 0 saturated carbocycles. The molecule has 2 amide bonds. The van der Waals surface area contributed by atoms with Gasteiger partial charge in [-0.3, -0.25) is 9.59 Å². The number of rotatable bonds is 10. The lowest BCUT2D eigenvalue weighted by Crippen LogP contribution is -2.50. The van der Waals surface area contributed by atoms with Gasteiger partial charge in [-0.05, 0) is 55.4 Å². The van der Waals surface area contributed by atoms with Gasteiger partial charge in [-0.15, -0.1) is 0 Å². The van der Waals surface area contributed by atoms with Gasteiger partial charge in [-0.25, -0.2) is 0 Å². The molecule has 2 aromatic carbocycles. The second-order valence-electron chi connectivity index (χ2n) is 8.60. The van der Waals surface area contributed by atoms with Crippen molar-refractivity contribution in [2.24, 2.45) is 0 Å². The first-order valence-electron chi connectivity index (χ1n) is 11.1. The summed E-state index contributed by atoms with van der Waals surface area (Å²) in [6, 6.07) is 15.4. The SMILES string of the molecule is CC[C@H](C(=O)NC(C)C)N(Cc1ccccc1Cl)C(=O)CCc1ccc(C(C)C)cc1. The van der Waals surface area contributed by atoms with Crippen LogP contribution in [0.5, 0.6) is 0 Å². The first kappa shape index (κ1) is 24.9. The summed E-state index contributed by atoms with van der Waals surface area (Å²) >= 11 is 6.36. The molecule has 0 aromatic heterocycles. The number of benzene rings is 2. The average Bonchev–Trinajstić information content (AvgIpc) is 2.73. The minimum absolute atomic E-state index is 0.0123. The summed E-state index contributed by atoms with van der Waals surface area (Å²) in [6.07, 6.45) is 1.52. The minimum atomic E-state index is -0.533. The van der Waals surface area contributed by atoms with E-state index in [1.165, 1.54) is 5.56 Å². The van der Waals surface area contributed by atoms with Crippen molar-refractivity contribution in [2.45, 2.75) is 78.4 Å². The molecule has 2 aromatic rings. The van der Waals surface area contributed by atoms with Crippen LogP contribution in [-0.2, 0) is 22.6 Å². The maximum Gasteiger partial charge on any atom is 0.243 e. The number of halogens is 1. The molecule has 1 atom stereocenters. The van der Waals surface area contributed by atoms with Crippen LogP contribution >= 0.6 is 11.6 Å². The maximum absolute atomic E-state index is 13.3. The van der Waals surface area contributed by atoms with Crippen LogP contribution in [0.1, 0.15) is 70.1 Å². The van der Waals surface area contributed by atoms with Gasteiger partial charge in [0.25, 0.3) is 0 Å². The molecule has 0 radical (unpaired) electrons. The predicted octanol–water partition coefficient (Wildman–Crippen LogP) is 5.73. The Balaban J connectivity index is 2.20. The first-order chi connectivity index (χ1) is 14.7. The number of amides is 2. The number of nitrogens with one attached hydrogen (secondary N) is 1. The van der Waals surface area contributed by atoms with Crippen molar-refractivity contribution in [3.05, 3.63) is 70.2 Å². The zero-order valence-corrected chi connectivity index (χ0v) is 20.1. The molecule has 0 fully saturated rings. The number of hydrogen-bond acceptors (Lipinski definition) is 2. The highest BCUT2D eigenvalue weighted by Gasteiger charge is 2.29. The minimum Gasteiger partial charge on any atom is -0.352 e. The van der Waals surface area contributed by atoms with Crippen LogP contribution in [0.2, 0.25) is 5.02 Å². The number of carbonyl (C=O) groups excluding carboxylic acids is 2. The van der Waals surface area contributed by atoms with Gasteiger partial charge in [0, 0.05) is 24.0 Å². The topological polar surface area (TPSA) is 49.4 Å². The van der Waals surface area contributed by atoms with Gasteiger partial charge in [0.05, 0.1) is 0 Å². The molecule has 0 saturated heterocycles. The van der Waals surface area contributed by atoms with Crippen molar-refractivity contribution < 1.29 is 9.59 Å². The second kappa shape index (κ2) is 11.9. The van der Waals surface area contributed by atoms with Crippen molar-refractivity contribution in [3.63, 3.8) is 0 Å². The van der Waals surface area contributed by atoms with E-state index in [4.69, 9.17) is 11.6 Å². The van der Waals surface area contributed by atoms with Crippen LogP contribution in [0.25, 0.3) is 0 Å². The third kappa shape index (κ3) is 7.39. The second-order valence-corrected chi connectivity index (χ2v) is 9.00. The monoisotopic (exact) mass is 442 g/mol. The molecule has 0 heterocycles. The summed E-state index contributed by atoms with van der Waals surface area (Å²) in [4.78, 5) is 27.8. The Bertz CT molecular complexity index is 862. The Labute approximate surface area is 192 Å². The predicted molar refractivity (Wildman–Crippen MR) is 128 cm³/mol. The van der Waals surface area contributed by atoms with E-state index in [0.29, 0.717) is 36.7 Å². The molecule has 4 nitrogen and oxygen atoms in total. The van der Waals surface area contributed by atoms with Gasteiger partial charge in [-0.2, -0.15) is 0 Å². The Morgan fingerprint density at radius 1 is 1.00 bits per heavy atom. The molecule has 0 spiro atoms. The highest BCUT2D eigenvalue weighted by Crippen LogP contribution is 2.21. The molecule has 0 aliphatic rings. The number of nitrogens with zero attached hydrogens (tertiary/aromatic N) is 1. The highest BCUT2D eigenvalue weighted by atomic mass is 35.5. The fraction of sp³-hybridized carbons (Fsp3) is 0.462. The van der Waals surface area contributed by atoms with E-state index in [9.17, 15) is 9.59 Å². The van der Waals surface area contributed by atoms with E-state index >= 15 is 0 Å². The van der Waals surface area contributed by atoms with Gasteiger partial charge in [0.15, 0.2) is 0 Å². The molecule has 2 rings (SSSR count). The van der Waals surface area contributed by atoms with E-state index in [1.54, 1.807) is 4.90 Å². The highest BCUT2D eigenvalue weighted by molar-refractivity contribution is 6.31. The lowest BCUT2D eigenvalue weighted by Gasteiger charge is -2.31. The Morgan fingerprint density at radius 3 is 2.19 bits per heavy atom. The Morgan fingerprint density at radius 2 is 1.65 bits per heavy atom. The van der Waals surface area contributed by atoms with Gasteiger partial charge < -0.3 is 10.2 Å². The van der Waals surface area contributed by atoms with Crippen molar-refractivity contribution in [3.8, 4) is 0 Å². The third-order valence-electron chi connectivity index (χ3n) is 5.39. The molecule has 5 heteroatoms. The zero-order chi connectivity index (χ0) is 23.0. The fourth-order valence-electron chi connectivity index (χ4n) is 3.57. The van der Waals surface area contributed by atoms with Crippen molar-refractivity contribution in [2.75, 3.05) is 0 Å². The zero-order valence-electron chi connectivity index (χ0n) is 19.3. The summed E-state index contributed by atoms with van der Waals surface area (Å²) < 4.78 is 0. The largest absolute Gasteiger partial charge is 0.352 e. The number of hydrogen-bond donors (Lipinski definition) is 1. The van der Waals surface area contributed by atoms with Crippen molar-refractivity contribution in [1.82, 2.24) is 10.2 Å². The van der Waals surface area contributed by atoms with Gasteiger partial charge in [-0.1, -0.05) is 74.8 Å². The lowest BCUT2D eigenvalue weighted by molar-refractivity contribution is -0.141. The molecule has 1 N–H and O–H groups in total. The molecule has 31 heavy (non-hydrogen) atoms. The lowest BCUT2D eigenvalue weighted by atomic mass is 10.00. The smallest absolute Gasteiger partial charge is 0.243 e. The standard InChI is InChI=1S/C26H35ClN2O2/c1-6-24(26(31)28-19(4)5)29(17-22-9-7-8-10-23(22)27)25(30)16-13-20-11-14-21(15-12-20)18(2)3/h7-12,14-15,18-19,24H,6,13,16-17H2,1-5H3,(H,28,31)/t24-/m1/s1. The molecular weight excluding hydrogens is 408 g/mol. The average molecular weight is 443 g/mol. The van der Waals surface area contributed by atoms with Gasteiger partial charge in [0.1, 0.15) is 6.04 Å². The summed E-state index contributed by atoms with van der Waals surface area (Å²) in [5, 5.41) is 3.55. The molecule has 0 aliphatic carbocycles. The Hall–Kier alpha value is -2.33. The molecule has 0 unspecified atom stereocenters. The maximum atomic E-state index is 13.3. The van der Waals surface area contributed by atoms with Crippen molar-refractivity contribution >= 4 is 23.4 Å². The van der Waals surface area contributed by atoms with E-state index in [2.05, 4.69) is 43.4 Å². The van der Waals surface area contributed by atoms with E-state index in [1.807, 2.05) is 45.0 Å². The van der Waals surface area contributed by atoms with Crippen molar-refractivity contribution in [1.29, 1.82) is 0 Å². The molecule has 0 bridgehead atoms. The molecular formula is C26H35ClN2O2. The summed E-state index contributed by atoms with van der Waals surface area (Å²) in [6.45, 7) is 10.4. The number of aryl methyl sites for hydroxylation is 1. The summed E-state index contributed by atoms with van der Waals surface area (Å²) in [5.41, 5.74) is 3.25. The Kier molecular flexibility index (Phi) is 9.57. The van der Waals surface area contributed by atoms with Crippen LogP contribution in [-0.4, -0.2) is 28.8 Å². The summed E-state index contributed by atoms with van der Waals surface area (Å²) in [7, 11) is 0. The van der Waals surface area contributed by atoms with Crippen LogP contribution in [0.3, 0.4) is 0 Å². The van der Waals surface area contributed by atoms with Crippen LogP contribution < -0.4 is 5.32 Å². The first-order valence-corrected chi connectivity index (χ1v) is 11.5. The molecule has 168 valence electrons. The van der Waals surface area contributed by atoms with E-state index in [-0.39, 0.29) is 17.9 Å². The van der Waals surface area contributed by atoms with Crippen LogP contribution in [0, 0.1) is 0 Å².